The summed E-state index contributed by atoms with van der Waals surface area (Å²) in [5, 5.41) is 0. The maximum Gasteiger partial charge on any atom is 0.179 e. The van der Waals surface area contributed by atoms with Crippen molar-refractivity contribution in [2.45, 2.75) is 65.3 Å². The van der Waals surface area contributed by atoms with E-state index in [-0.39, 0.29) is 11.7 Å². The highest BCUT2D eigenvalue weighted by Crippen LogP contribution is 2.36. The third-order valence-electron chi connectivity index (χ3n) is 4.78. The van der Waals surface area contributed by atoms with Gasteiger partial charge in [-0.25, -0.2) is 0 Å². The number of alkyl halides is 1. The molecule has 1 saturated carbocycles. The molecule has 1 aliphatic carbocycles. The number of ketones is 1. The number of rotatable bonds is 5. The van der Waals surface area contributed by atoms with Crippen LogP contribution in [0.3, 0.4) is 0 Å². The van der Waals surface area contributed by atoms with Crippen LogP contribution in [0.1, 0.15) is 73.2 Å². The molecule has 0 atom stereocenters. The molecule has 0 amide bonds. The van der Waals surface area contributed by atoms with E-state index in [1.165, 1.54) is 44.2 Å². The molecule has 112 valence electrons. The summed E-state index contributed by atoms with van der Waals surface area (Å²) in [6.45, 7) is 6.44. The van der Waals surface area contributed by atoms with Gasteiger partial charge in [-0.2, -0.15) is 0 Å². The van der Waals surface area contributed by atoms with Gasteiger partial charge < -0.3 is 4.57 Å². The second-order valence-corrected chi connectivity index (χ2v) is 6.44. The van der Waals surface area contributed by atoms with E-state index >= 15 is 0 Å². The average Bonchev–Trinajstić information content (AvgIpc) is 2.75. The number of Topliss-reactive ketones (excluding diaryl/α,β-unsaturated/α-hetero) is 1. The summed E-state index contributed by atoms with van der Waals surface area (Å²) in [5.41, 5.74) is 3.12. The molecule has 0 radical (unpaired) electrons. The van der Waals surface area contributed by atoms with E-state index in [2.05, 4.69) is 25.3 Å². The number of hydrogen-bond acceptors (Lipinski definition) is 1. The Morgan fingerprint density at radius 1 is 1.30 bits per heavy atom. The highest BCUT2D eigenvalue weighted by atomic mass is 35.5. The van der Waals surface area contributed by atoms with Crippen molar-refractivity contribution >= 4 is 17.4 Å². The number of aromatic nitrogens is 1. The molecule has 1 heterocycles. The molecule has 20 heavy (non-hydrogen) atoms. The number of nitrogens with zero attached hydrogens (tertiary/aromatic N) is 1. The number of aryl methyl sites for hydroxylation is 1. The van der Waals surface area contributed by atoms with E-state index in [0.717, 1.165) is 17.2 Å². The van der Waals surface area contributed by atoms with Crippen molar-refractivity contribution in [1.82, 2.24) is 4.57 Å². The van der Waals surface area contributed by atoms with Crippen molar-refractivity contribution in [2.24, 2.45) is 5.92 Å². The van der Waals surface area contributed by atoms with Crippen LogP contribution in [0.4, 0.5) is 0 Å². The van der Waals surface area contributed by atoms with E-state index in [1.807, 2.05) is 6.07 Å². The average molecular weight is 296 g/mol. The summed E-state index contributed by atoms with van der Waals surface area (Å²) in [6, 6.07) is 2.58. The fraction of sp³-hybridized carbons (Fsp3) is 0.706. The molecule has 2 rings (SSSR count). The van der Waals surface area contributed by atoms with Gasteiger partial charge in [0.2, 0.25) is 0 Å². The topological polar surface area (TPSA) is 22.0 Å². The fourth-order valence-corrected chi connectivity index (χ4v) is 3.94. The summed E-state index contributed by atoms with van der Waals surface area (Å²) in [6.07, 6.45) is 7.81. The Balaban J connectivity index is 2.14. The molecule has 0 saturated heterocycles. The van der Waals surface area contributed by atoms with Gasteiger partial charge in [0.25, 0.3) is 0 Å². The van der Waals surface area contributed by atoms with Gasteiger partial charge in [-0.1, -0.05) is 19.8 Å². The SMILES string of the molecule is CCCC1CCC(n2c(C)cc(C(=O)CCl)c2C)CC1. The first-order valence-corrected chi connectivity index (χ1v) is 8.39. The highest BCUT2D eigenvalue weighted by molar-refractivity contribution is 6.30. The third kappa shape index (κ3) is 3.11. The van der Waals surface area contributed by atoms with Crippen molar-refractivity contribution in [2.75, 3.05) is 5.88 Å². The first-order valence-electron chi connectivity index (χ1n) is 7.86. The van der Waals surface area contributed by atoms with Gasteiger partial charge in [0, 0.05) is 23.0 Å². The normalized spacial score (nSPS) is 23.0. The van der Waals surface area contributed by atoms with Crippen LogP contribution in [-0.2, 0) is 0 Å². The standard InChI is InChI=1S/C17H26ClNO/c1-4-5-14-6-8-15(9-7-14)19-12(2)10-16(13(19)3)17(20)11-18/h10,14-15H,4-9,11H2,1-3H3. The smallest absolute Gasteiger partial charge is 0.179 e. The lowest BCUT2D eigenvalue weighted by molar-refractivity contribution is 0.102. The lowest BCUT2D eigenvalue weighted by atomic mass is 9.83. The minimum Gasteiger partial charge on any atom is -0.345 e. The Kier molecular flexibility index (Phi) is 5.31. The Bertz CT molecular complexity index is 470. The Hall–Kier alpha value is -0.760. The fourth-order valence-electron chi connectivity index (χ4n) is 3.79. The molecule has 2 nitrogen and oxygen atoms in total. The van der Waals surface area contributed by atoms with E-state index < -0.39 is 0 Å². The van der Waals surface area contributed by atoms with Crippen molar-refractivity contribution in [3.8, 4) is 0 Å². The molecule has 3 heteroatoms. The zero-order valence-electron chi connectivity index (χ0n) is 12.9. The summed E-state index contributed by atoms with van der Waals surface area (Å²) in [7, 11) is 0. The molecule has 0 N–H and O–H groups in total. The lowest BCUT2D eigenvalue weighted by Gasteiger charge is -2.31. The van der Waals surface area contributed by atoms with Crippen LogP contribution in [0.5, 0.6) is 0 Å². The van der Waals surface area contributed by atoms with Crippen LogP contribution in [0.2, 0.25) is 0 Å². The summed E-state index contributed by atoms with van der Waals surface area (Å²) >= 11 is 5.70. The molecule has 1 aromatic heterocycles. The van der Waals surface area contributed by atoms with Crippen molar-refractivity contribution in [3.05, 3.63) is 23.0 Å². The maximum atomic E-state index is 11.9. The van der Waals surface area contributed by atoms with E-state index in [9.17, 15) is 4.79 Å². The molecular formula is C17H26ClNO. The minimum atomic E-state index is 0.0469. The summed E-state index contributed by atoms with van der Waals surface area (Å²) < 4.78 is 2.38. The molecule has 0 unspecified atom stereocenters. The second-order valence-electron chi connectivity index (χ2n) is 6.17. The Morgan fingerprint density at radius 2 is 1.95 bits per heavy atom. The van der Waals surface area contributed by atoms with Gasteiger partial charge in [-0.05, 0) is 51.5 Å². The monoisotopic (exact) mass is 295 g/mol. The van der Waals surface area contributed by atoms with E-state index in [0.29, 0.717) is 6.04 Å². The van der Waals surface area contributed by atoms with Gasteiger partial charge in [-0.15, -0.1) is 11.6 Å². The lowest BCUT2D eigenvalue weighted by Crippen LogP contribution is -2.20. The van der Waals surface area contributed by atoms with E-state index in [4.69, 9.17) is 11.6 Å². The van der Waals surface area contributed by atoms with Gasteiger partial charge in [-0.3, -0.25) is 4.79 Å². The maximum absolute atomic E-state index is 11.9. The van der Waals surface area contributed by atoms with Gasteiger partial charge in [0.15, 0.2) is 5.78 Å². The first kappa shape index (κ1) is 15.6. The number of hydrogen-bond donors (Lipinski definition) is 0. The predicted molar refractivity (Wildman–Crippen MR) is 84.9 cm³/mol. The largest absolute Gasteiger partial charge is 0.345 e. The third-order valence-corrected chi connectivity index (χ3v) is 5.03. The van der Waals surface area contributed by atoms with Gasteiger partial charge >= 0.3 is 0 Å². The van der Waals surface area contributed by atoms with Crippen LogP contribution in [-0.4, -0.2) is 16.2 Å². The number of carbonyl (C=O) groups excluding carboxylic acids is 1. The first-order chi connectivity index (χ1) is 9.58. The zero-order valence-corrected chi connectivity index (χ0v) is 13.7. The van der Waals surface area contributed by atoms with Crippen LogP contribution < -0.4 is 0 Å². The molecule has 1 aliphatic rings. The molecule has 0 spiro atoms. The Morgan fingerprint density at radius 3 is 2.50 bits per heavy atom. The van der Waals surface area contributed by atoms with Crippen LogP contribution in [0.15, 0.2) is 6.07 Å². The molecule has 1 aromatic rings. The molecular weight excluding hydrogens is 270 g/mol. The van der Waals surface area contributed by atoms with Crippen LogP contribution in [0, 0.1) is 19.8 Å². The van der Waals surface area contributed by atoms with Crippen molar-refractivity contribution in [3.63, 3.8) is 0 Å². The number of carbonyl (C=O) groups is 1. The van der Waals surface area contributed by atoms with Gasteiger partial charge in [0.1, 0.15) is 0 Å². The second kappa shape index (κ2) is 6.80. The molecule has 0 aromatic carbocycles. The predicted octanol–water partition coefficient (Wildman–Crippen LogP) is 5.06. The van der Waals surface area contributed by atoms with Crippen LogP contribution >= 0.6 is 11.6 Å². The van der Waals surface area contributed by atoms with Crippen molar-refractivity contribution < 1.29 is 4.79 Å². The molecule has 0 aliphatic heterocycles. The van der Waals surface area contributed by atoms with Crippen LogP contribution in [0.25, 0.3) is 0 Å². The molecule has 0 bridgehead atoms. The highest BCUT2D eigenvalue weighted by Gasteiger charge is 2.25. The molecule has 1 fully saturated rings. The summed E-state index contributed by atoms with van der Waals surface area (Å²) in [5.74, 6) is 1.04. The quantitative estimate of drug-likeness (QED) is 0.550. The van der Waals surface area contributed by atoms with Crippen molar-refractivity contribution in [1.29, 1.82) is 0 Å². The summed E-state index contributed by atoms with van der Waals surface area (Å²) in [4.78, 5) is 11.9. The van der Waals surface area contributed by atoms with Gasteiger partial charge in [0.05, 0.1) is 5.88 Å². The Labute approximate surface area is 127 Å². The number of halogens is 1. The zero-order chi connectivity index (χ0) is 14.7. The minimum absolute atomic E-state index is 0.0469. The van der Waals surface area contributed by atoms with E-state index in [1.54, 1.807) is 0 Å².